The fraction of sp³-hybridized carbons (Fsp3) is 0.929. The summed E-state index contributed by atoms with van der Waals surface area (Å²) in [6, 6.07) is 1.00. The van der Waals surface area contributed by atoms with E-state index < -0.39 is 0 Å². The van der Waals surface area contributed by atoms with E-state index in [0.717, 1.165) is 52.1 Å². The fourth-order valence-electron chi connectivity index (χ4n) is 2.91. The summed E-state index contributed by atoms with van der Waals surface area (Å²) < 4.78 is 0. The molecule has 2 fully saturated rings. The quantitative estimate of drug-likeness (QED) is 0.771. The summed E-state index contributed by atoms with van der Waals surface area (Å²) in [4.78, 5) is 16.7. The van der Waals surface area contributed by atoms with Gasteiger partial charge >= 0.3 is 0 Å². The van der Waals surface area contributed by atoms with Gasteiger partial charge in [0.1, 0.15) is 0 Å². The van der Waals surface area contributed by atoms with Crippen LogP contribution in [-0.2, 0) is 4.79 Å². The van der Waals surface area contributed by atoms with E-state index in [2.05, 4.69) is 34.3 Å². The van der Waals surface area contributed by atoms with Gasteiger partial charge in [-0.25, -0.2) is 0 Å². The molecule has 22 heavy (non-hydrogen) atoms. The van der Waals surface area contributed by atoms with Crippen LogP contribution < -0.4 is 10.6 Å². The zero-order valence-corrected chi connectivity index (χ0v) is 16.0. The van der Waals surface area contributed by atoms with Gasteiger partial charge in [0.05, 0.1) is 6.54 Å². The summed E-state index contributed by atoms with van der Waals surface area (Å²) >= 11 is 0. The Kier molecular flexibility index (Phi) is 14.0. The van der Waals surface area contributed by atoms with Crippen LogP contribution in [0.15, 0.2) is 0 Å². The maximum absolute atomic E-state index is 12.0. The largest absolute Gasteiger partial charge is 0.352 e. The van der Waals surface area contributed by atoms with Gasteiger partial charge in [-0.05, 0) is 26.7 Å². The van der Waals surface area contributed by atoms with Crippen LogP contribution >= 0.6 is 37.2 Å². The van der Waals surface area contributed by atoms with E-state index in [1.54, 1.807) is 0 Å². The smallest absolute Gasteiger partial charge is 0.234 e. The number of nitrogens with zero attached hydrogens (tertiary/aromatic N) is 2. The molecule has 1 amide bonds. The van der Waals surface area contributed by atoms with Gasteiger partial charge < -0.3 is 15.5 Å². The zero-order chi connectivity index (χ0) is 13.7. The lowest BCUT2D eigenvalue weighted by atomic mass is 10.0. The first-order valence-corrected chi connectivity index (χ1v) is 7.61. The first kappa shape index (κ1) is 24.5. The minimum absolute atomic E-state index is 0. The molecule has 0 aromatic rings. The number of piperidine rings is 1. The third-order valence-electron chi connectivity index (χ3n) is 4.20. The molecule has 134 valence electrons. The van der Waals surface area contributed by atoms with E-state index >= 15 is 0 Å². The molecule has 0 aromatic heterocycles. The van der Waals surface area contributed by atoms with Crippen molar-refractivity contribution in [2.24, 2.45) is 0 Å². The van der Waals surface area contributed by atoms with Gasteiger partial charge in [0.2, 0.25) is 5.91 Å². The van der Waals surface area contributed by atoms with Crippen molar-refractivity contribution in [2.45, 2.75) is 38.8 Å². The predicted molar refractivity (Wildman–Crippen MR) is 98.9 cm³/mol. The number of hydrogen-bond donors (Lipinski definition) is 2. The van der Waals surface area contributed by atoms with E-state index in [4.69, 9.17) is 0 Å². The maximum atomic E-state index is 12.0. The molecule has 0 radical (unpaired) electrons. The summed E-state index contributed by atoms with van der Waals surface area (Å²) in [5, 5.41) is 6.50. The minimum Gasteiger partial charge on any atom is -0.352 e. The number of rotatable bonds is 4. The van der Waals surface area contributed by atoms with E-state index in [0.29, 0.717) is 18.6 Å². The van der Waals surface area contributed by atoms with Crippen molar-refractivity contribution in [3.8, 4) is 0 Å². The highest BCUT2D eigenvalue weighted by Crippen LogP contribution is 2.12. The van der Waals surface area contributed by atoms with Crippen LogP contribution in [0.3, 0.4) is 0 Å². The first-order chi connectivity index (χ1) is 9.15. The predicted octanol–water partition coefficient (Wildman–Crippen LogP) is 1.15. The molecule has 8 heteroatoms. The van der Waals surface area contributed by atoms with Crippen LogP contribution in [0.5, 0.6) is 0 Å². The molecule has 2 rings (SSSR count). The third-order valence-corrected chi connectivity index (χ3v) is 4.20. The molecule has 5 nitrogen and oxygen atoms in total. The molecule has 0 atom stereocenters. The number of carbonyl (C=O) groups excluding carboxylic acids is 1. The molecular weight excluding hydrogens is 347 g/mol. The first-order valence-electron chi connectivity index (χ1n) is 7.61. The van der Waals surface area contributed by atoms with Gasteiger partial charge in [0, 0.05) is 51.4 Å². The lowest BCUT2D eigenvalue weighted by Crippen LogP contribution is -2.51. The molecule has 2 N–H and O–H groups in total. The number of hydrogen-bond acceptors (Lipinski definition) is 4. The lowest BCUT2D eigenvalue weighted by Gasteiger charge is -2.35. The molecule has 0 unspecified atom stereocenters. The Hall–Kier alpha value is 0.220. The van der Waals surface area contributed by atoms with E-state index in [-0.39, 0.29) is 43.1 Å². The van der Waals surface area contributed by atoms with Gasteiger partial charge in [0.15, 0.2) is 0 Å². The van der Waals surface area contributed by atoms with Gasteiger partial charge in [-0.3, -0.25) is 9.69 Å². The Labute approximate surface area is 153 Å². The second-order valence-electron chi connectivity index (χ2n) is 6.00. The molecule has 0 aromatic carbocycles. The van der Waals surface area contributed by atoms with Crippen LogP contribution in [-0.4, -0.2) is 73.6 Å². The van der Waals surface area contributed by atoms with Crippen LogP contribution in [0.25, 0.3) is 0 Å². The highest BCUT2D eigenvalue weighted by Gasteiger charge is 2.22. The van der Waals surface area contributed by atoms with Crippen molar-refractivity contribution >= 4 is 43.1 Å². The maximum Gasteiger partial charge on any atom is 0.234 e. The molecule has 0 bridgehead atoms. The molecular formula is C14H31Cl3N4O. The van der Waals surface area contributed by atoms with Crippen LogP contribution in [0.2, 0.25) is 0 Å². The number of likely N-dealkylation sites (tertiary alicyclic amines) is 1. The Morgan fingerprint density at radius 1 is 1.09 bits per heavy atom. The Bertz CT molecular complexity index is 294. The van der Waals surface area contributed by atoms with Crippen LogP contribution in [0.1, 0.15) is 26.7 Å². The highest BCUT2D eigenvalue weighted by molar-refractivity contribution is 5.86. The molecule has 2 aliphatic heterocycles. The van der Waals surface area contributed by atoms with E-state index in [9.17, 15) is 4.79 Å². The van der Waals surface area contributed by atoms with Crippen molar-refractivity contribution in [3.63, 3.8) is 0 Å². The van der Waals surface area contributed by atoms with E-state index in [1.807, 2.05) is 0 Å². The van der Waals surface area contributed by atoms with Crippen molar-refractivity contribution in [1.82, 2.24) is 20.4 Å². The molecule has 2 saturated heterocycles. The number of piperazine rings is 1. The summed E-state index contributed by atoms with van der Waals surface area (Å²) in [5.74, 6) is 0.199. The number of halogens is 3. The Balaban J connectivity index is 0. The topological polar surface area (TPSA) is 47.6 Å². The highest BCUT2D eigenvalue weighted by atomic mass is 35.5. The van der Waals surface area contributed by atoms with Crippen molar-refractivity contribution in [1.29, 1.82) is 0 Å². The summed E-state index contributed by atoms with van der Waals surface area (Å²) in [7, 11) is 0. The van der Waals surface area contributed by atoms with Gasteiger partial charge in [-0.1, -0.05) is 0 Å². The monoisotopic (exact) mass is 376 g/mol. The summed E-state index contributed by atoms with van der Waals surface area (Å²) in [5.41, 5.74) is 0. The van der Waals surface area contributed by atoms with Gasteiger partial charge in [0.25, 0.3) is 0 Å². The zero-order valence-electron chi connectivity index (χ0n) is 13.5. The molecule has 0 aliphatic carbocycles. The minimum atomic E-state index is 0. The molecule has 0 spiro atoms. The van der Waals surface area contributed by atoms with Crippen molar-refractivity contribution in [2.75, 3.05) is 45.8 Å². The second-order valence-corrected chi connectivity index (χ2v) is 6.00. The summed E-state index contributed by atoms with van der Waals surface area (Å²) in [6.07, 6.45) is 2.18. The molecule has 0 saturated carbocycles. The summed E-state index contributed by atoms with van der Waals surface area (Å²) in [6.45, 7) is 11.2. The van der Waals surface area contributed by atoms with Gasteiger partial charge in [-0.2, -0.15) is 0 Å². The number of nitrogens with one attached hydrogen (secondary N) is 2. The van der Waals surface area contributed by atoms with Gasteiger partial charge in [-0.15, -0.1) is 37.2 Å². The average molecular weight is 378 g/mol. The van der Waals surface area contributed by atoms with Crippen molar-refractivity contribution < 1.29 is 4.79 Å². The van der Waals surface area contributed by atoms with Crippen molar-refractivity contribution in [3.05, 3.63) is 0 Å². The molecule has 2 aliphatic rings. The third kappa shape index (κ3) is 8.18. The van der Waals surface area contributed by atoms with Crippen LogP contribution in [0, 0.1) is 0 Å². The Morgan fingerprint density at radius 3 is 2.14 bits per heavy atom. The Morgan fingerprint density at radius 2 is 1.64 bits per heavy atom. The van der Waals surface area contributed by atoms with E-state index in [1.165, 1.54) is 0 Å². The molecule has 2 heterocycles. The lowest BCUT2D eigenvalue weighted by molar-refractivity contribution is -0.123. The second kappa shape index (κ2) is 12.6. The van der Waals surface area contributed by atoms with Crippen LogP contribution in [0.4, 0.5) is 0 Å². The standard InChI is InChI=1S/C14H28N4O.3ClH/c1-12(2)18-7-3-13(4-8-18)16-14(19)11-17-9-5-15-6-10-17;;;/h12-13,15H,3-11H2,1-2H3,(H,16,19);3*1H. The SMILES string of the molecule is CC(C)N1CCC(NC(=O)CN2CCNCC2)CC1.Cl.Cl.Cl. The number of amides is 1. The average Bonchev–Trinajstić information content (AvgIpc) is 2.40. The fourth-order valence-corrected chi connectivity index (χ4v) is 2.91. The normalized spacial score (nSPS) is 20.5. The number of carbonyl (C=O) groups is 1.